The molecule has 0 aliphatic carbocycles. The number of aryl methyl sites for hydroxylation is 2. The highest BCUT2D eigenvalue weighted by Gasteiger charge is 2.26. The van der Waals surface area contributed by atoms with Crippen molar-refractivity contribution in [3.05, 3.63) is 89.0 Å². The van der Waals surface area contributed by atoms with Crippen molar-refractivity contribution in [2.45, 2.75) is 25.3 Å². The van der Waals surface area contributed by atoms with E-state index in [9.17, 15) is 21.6 Å². The van der Waals surface area contributed by atoms with E-state index in [0.29, 0.717) is 43.3 Å². The maximum absolute atomic E-state index is 12.7. The Balaban J connectivity index is 1.28. The van der Waals surface area contributed by atoms with Gasteiger partial charge in [0.2, 0.25) is 20.0 Å². The third-order valence-corrected chi connectivity index (χ3v) is 9.70. The van der Waals surface area contributed by atoms with Crippen molar-refractivity contribution in [1.29, 1.82) is 0 Å². The number of amides is 1. The molecule has 0 unspecified atom stereocenters. The van der Waals surface area contributed by atoms with Crippen LogP contribution < -0.4 is 14.4 Å². The average Bonchev–Trinajstić information content (AvgIpc) is 2.96. The Hall–Kier alpha value is -3.45. The summed E-state index contributed by atoms with van der Waals surface area (Å²) in [4.78, 5) is 12.8. The van der Waals surface area contributed by atoms with Crippen LogP contribution in [0.25, 0.3) is 0 Å². The molecule has 41 heavy (non-hydrogen) atoms. The van der Waals surface area contributed by atoms with Crippen LogP contribution in [-0.4, -0.2) is 72.8 Å². The monoisotopic (exact) mass is 601 g/mol. The van der Waals surface area contributed by atoms with Crippen molar-refractivity contribution in [2.75, 3.05) is 50.0 Å². The van der Waals surface area contributed by atoms with E-state index in [4.69, 9.17) is 9.47 Å². The normalized spacial score (nSPS) is 14.4. The van der Waals surface area contributed by atoms with Crippen LogP contribution in [0.5, 0.6) is 5.75 Å². The zero-order valence-electron chi connectivity index (χ0n) is 23.4. The minimum Gasteiger partial charge on any atom is -0.492 e. The highest BCUT2D eigenvalue weighted by molar-refractivity contribution is 7.92. The number of benzene rings is 3. The molecule has 3 aromatic rings. The maximum atomic E-state index is 12.7. The molecular weight excluding hydrogens is 566 g/mol. The Morgan fingerprint density at radius 2 is 1.61 bits per heavy atom. The van der Waals surface area contributed by atoms with Crippen LogP contribution in [0, 0.1) is 13.8 Å². The highest BCUT2D eigenvalue weighted by Crippen LogP contribution is 2.26. The van der Waals surface area contributed by atoms with E-state index in [1.54, 1.807) is 36.4 Å². The van der Waals surface area contributed by atoms with Gasteiger partial charge in [0.15, 0.2) is 0 Å². The van der Waals surface area contributed by atoms with E-state index in [1.165, 1.54) is 27.0 Å². The molecule has 1 aliphatic rings. The smallest absolute Gasteiger partial charge is 0.251 e. The number of nitrogens with zero attached hydrogens (tertiary/aromatic N) is 2. The average molecular weight is 602 g/mol. The van der Waals surface area contributed by atoms with Gasteiger partial charge in [-0.05, 0) is 73.0 Å². The van der Waals surface area contributed by atoms with Gasteiger partial charge < -0.3 is 14.8 Å². The molecule has 0 saturated carbocycles. The summed E-state index contributed by atoms with van der Waals surface area (Å²) in [5.41, 5.74) is 3.62. The van der Waals surface area contributed by atoms with Crippen LogP contribution in [0.15, 0.2) is 71.6 Å². The van der Waals surface area contributed by atoms with Gasteiger partial charge in [-0.25, -0.2) is 16.8 Å². The summed E-state index contributed by atoms with van der Waals surface area (Å²) < 4.78 is 64.2. The number of sulfonamides is 2. The molecule has 10 nitrogen and oxygen atoms in total. The second-order valence-electron chi connectivity index (χ2n) is 9.85. The second kappa shape index (κ2) is 13.0. The van der Waals surface area contributed by atoms with Crippen molar-refractivity contribution >= 4 is 31.6 Å². The predicted molar refractivity (Wildman–Crippen MR) is 157 cm³/mol. The van der Waals surface area contributed by atoms with Gasteiger partial charge in [0.05, 0.1) is 43.1 Å². The fraction of sp³-hybridized carbons (Fsp3) is 0.345. The third-order valence-electron chi connectivity index (χ3n) is 6.66. The number of morpholine rings is 1. The lowest BCUT2D eigenvalue weighted by Gasteiger charge is -2.26. The zero-order valence-corrected chi connectivity index (χ0v) is 25.0. The first-order valence-electron chi connectivity index (χ1n) is 13.2. The van der Waals surface area contributed by atoms with Crippen molar-refractivity contribution in [1.82, 2.24) is 9.62 Å². The van der Waals surface area contributed by atoms with Crippen LogP contribution in [0.3, 0.4) is 0 Å². The molecular formula is C29H35N3O7S2. The Bertz CT molecular complexity index is 1570. The maximum Gasteiger partial charge on any atom is 0.251 e. The van der Waals surface area contributed by atoms with Gasteiger partial charge >= 0.3 is 0 Å². The second-order valence-corrected chi connectivity index (χ2v) is 13.7. The van der Waals surface area contributed by atoms with E-state index in [2.05, 4.69) is 5.32 Å². The van der Waals surface area contributed by atoms with Crippen molar-refractivity contribution in [2.24, 2.45) is 0 Å². The number of carbonyl (C=O) groups excluding carboxylic acids is 1. The SMILES string of the molecule is Cc1ccc(C)c(N(Cc2ccc(C(=O)NCCOc3ccc(S(=O)(=O)N4CCOCC4)cc3)cc2)S(C)(=O)=O)c1. The fourth-order valence-corrected chi connectivity index (χ4v) is 6.72. The molecule has 0 radical (unpaired) electrons. The molecule has 1 saturated heterocycles. The number of nitrogens with one attached hydrogen (secondary N) is 1. The molecule has 0 atom stereocenters. The summed E-state index contributed by atoms with van der Waals surface area (Å²) in [6.07, 6.45) is 1.18. The molecule has 3 aromatic carbocycles. The Labute approximate surface area is 242 Å². The largest absolute Gasteiger partial charge is 0.492 e. The van der Waals surface area contributed by atoms with E-state index in [1.807, 2.05) is 32.0 Å². The predicted octanol–water partition coefficient (Wildman–Crippen LogP) is 3.10. The van der Waals surface area contributed by atoms with Gasteiger partial charge in [0.1, 0.15) is 12.4 Å². The quantitative estimate of drug-likeness (QED) is 0.335. The van der Waals surface area contributed by atoms with Crippen molar-refractivity contribution in [3.63, 3.8) is 0 Å². The van der Waals surface area contributed by atoms with Crippen LogP contribution in [0.2, 0.25) is 0 Å². The van der Waals surface area contributed by atoms with Crippen LogP contribution in [0.4, 0.5) is 5.69 Å². The first-order chi connectivity index (χ1) is 19.4. The van der Waals surface area contributed by atoms with E-state index in [-0.39, 0.29) is 30.5 Å². The number of hydrogen-bond acceptors (Lipinski definition) is 7. The lowest BCUT2D eigenvalue weighted by atomic mass is 10.1. The zero-order chi connectivity index (χ0) is 29.6. The Kier molecular flexibility index (Phi) is 9.69. The van der Waals surface area contributed by atoms with Crippen molar-refractivity contribution in [3.8, 4) is 5.75 Å². The summed E-state index contributed by atoms with van der Waals surface area (Å²) in [6.45, 7) is 5.78. The molecule has 0 spiro atoms. The van der Waals surface area contributed by atoms with E-state index in [0.717, 1.165) is 16.7 Å². The van der Waals surface area contributed by atoms with Gasteiger partial charge in [-0.3, -0.25) is 9.10 Å². The molecule has 0 bridgehead atoms. The molecule has 1 aliphatic heterocycles. The third kappa shape index (κ3) is 7.85. The molecule has 1 amide bonds. The summed E-state index contributed by atoms with van der Waals surface area (Å²) in [5, 5.41) is 2.79. The highest BCUT2D eigenvalue weighted by atomic mass is 32.2. The van der Waals surface area contributed by atoms with Crippen LogP contribution in [0.1, 0.15) is 27.0 Å². The summed E-state index contributed by atoms with van der Waals surface area (Å²) >= 11 is 0. The lowest BCUT2D eigenvalue weighted by Crippen LogP contribution is -2.40. The standard InChI is InChI=1S/C29H35N3O7S2/c1-22-4-5-23(2)28(20-22)32(40(3,34)35)21-24-6-8-25(9-7-24)29(33)30-14-17-39-26-10-12-27(13-11-26)41(36,37)31-15-18-38-19-16-31/h4-13,20H,14-19,21H2,1-3H3,(H,30,33). The Morgan fingerprint density at radius 1 is 0.951 bits per heavy atom. The molecule has 1 heterocycles. The number of rotatable bonds is 11. The van der Waals surface area contributed by atoms with Gasteiger partial charge in [-0.1, -0.05) is 24.3 Å². The van der Waals surface area contributed by atoms with Gasteiger partial charge in [-0.2, -0.15) is 4.31 Å². The fourth-order valence-electron chi connectivity index (χ4n) is 4.38. The first-order valence-corrected chi connectivity index (χ1v) is 16.5. The van der Waals surface area contributed by atoms with Crippen LogP contribution in [-0.2, 0) is 31.3 Å². The first kappa shape index (κ1) is 30.5. The molecule has 0 aromatic heterocycles. The minimum absolute atomic E-state index is 0.144. The summed E-state index contributed by atoms with van der Waals surface area (Å²) in [7, 11) is -7.10. The van der Waals surface area contributed by atoms with Gasteiger partial charge in [0, 0.05) is 18.7 Å². The molecule has 1 fully saturated rings. The number of hydrogen-bond donors (Lipinski definition) is 1. The Morgan fingerprint density at radius 3 is 2.24 bits per heavy atom. The topological polar surface area (TPSA) is 122 Å². The number of carbonyl (C=O) groups is 1. The van der Waals surface area contributed by atoms with E-state index < -0.39 is 20.0 Å². The molecule has 220 valence electrons. The van der Waals surface area contributed by atoms with E-state index >= 15 is 0 Å². The number of anilines is 1. The van der Waals surface area contributed by atoms with Crippen LogP contribution >= 0.6 is 0 Å². The van der Waals surface area contributed by atoms with Gasteiger partial charge in [0.25, 0.3) is 5.91 Å². The lowest BCUT2D eigenvalue weighted by molar-refractivity contribution is 0.0730. The minimum atomic E-state index is -3.57. The molecule has 4 rings (SSSR count). The van der Waals surface area contributed by atoms with Gasteiger partial charge in [-0.15, -0.1) is 0 Å². The summed E-state index contributed by atoms with van der Waals surface area (Å²) in [6, 6.07) is 18.7. The summed E-state index contributed by atoms with van der Waals surface area (Å²) in [5.74, 6) is 0.199. The number of ether oxygens (including phenoxy) is 2. The van der Waals surface area contributed by atoms with Crippen molar-refractivity contribution < 1.29 is 31.1 Å². The molecule has 1 N–H and O–H groups in total. The molecule has 12 heteroatoms.